The van der Waals surface area contributed by atoms with Crippen molar-refractivity contribution in [2.45, 2.75) is 18.9 Å². The van der Waals surface area contributed by atoms with E-state index in [-0.39, 0.29) is 17.8 Å². The Bertz CT molecular complexity index is 952. The molecule has 3 heterocycles. The molecule has 1 N–H and O–H groups in total. The molecule has 27 heavy (non-hydrogen) atoms. The molecule has 138 valence electrons. The van der Waals surface area contributed by atoms with E-state index in [1.54, 1.807) is 28.8 Å². The first kappa shape index (κ1) is 17.8. The number of halogens is 1. The number of thiazole rings is 1. The van der Waals surface area contributed by atoms with Gasteiger partial charge < -0.3 is 10.2 Å². The summed E-state index contributed by atoms with van der Waals surface area (Å²) in [6.07, 6.45) is 1.05. The zero-order valence-electron chi connectivity index (χ0n) is 14.2. The highest BCUT2D eigenvalue weighted by Gasteiger charge is 2.22. The first-order valence-corrected chi connectivity index (χ1v) is 10.2. The average Bonchev–Trinajstić information content (AvgIpc) is 3.42. The van der Waals surface area contributed by atoms with E-state index >= 15 is 0 Å². The SMILES string of the molecule is O=C(NCC1CC(Cc2ccc(F)cc2)=NO1)c1csc(-c2cccs2)n1. The molecule has 1 amide bonds. The lowest BCUT2D eigenvalue weighted by Crippen LogP contribution is -2.32. The standard InChI is InChI=1S/C19H16FN3O2S2/c20-13-5-3-12(4-6-13)8-14-9-15(25-23-14)10-21-18(24)16-11-27-19(22-16)17-2-1-7-26-17/h1-7,11,15H,8-10H2,(H,21,24). The Morgan fingerprint density at radius 2 is 2.11 bits per heavy atom. The molecule has 1 aromatic carbocycles. The van der Waals surface area contributed by atoms with E-state index < -0.39 is 0 Å². The number of benzene rings is 1. The smallest absolute Gasteiger partial charge is 0.270 e. The third-order valence-electron chi connectivity index (χ3n) is 4.07. The van der Waals surface area contributed by atoms with Gasteiger partial charge in [-0.05, 0) is 29.1 Å². The highest BCUT2D eigenvalue weighted by atomic mass is 32.1. The van der Waals surface area contributed by atoms with Gasteiger partial charge in [0.2, 0.25) is 0 Å². The number of nitrogens with zero attached hydrogens (tertiary/aromatic N) is 2. The van der Waals surface area contributed by atoms with Crippen LogP contribution in [0.15, 0.2) is 52.3 Å². The molecule has 1 aliphatic heterocycles. The maximum absolute atomic E-state index is 13.0. The van der Waals surface area contributed by atoms with Gasteiger partial charge in [0, 0.05) is 18.2 Å². The van der Waals surface area contributed by atoms with Crippen LogP contribution in [-0.4, -0.2) is 29.3 Å². The van der Waals surface area contributed by atoms with Crippen LogP contribution in [-0.2, 0) is 11.3 Å². The molecule has 0 fully saturated rings. The summed E-state index contributed by atoms with van der Waals surface area (Å²) in [4.78, 5) is 23.1. The third kappa shape index (κ3) is 4.40. The second-order valence-corrected chi connectivity index (χ2v) is 7.92. The van der Waals surface area contributed by atoms with Crippen molar-refractivity contribution in [2.75, 3.05) is 6.54 Å². The first-order chi connectivity index (χ1) is 13.2. The van der Waals surface area contributed by atoms with Crippen LogP contribution in [0.2, 0.25) is 0 Å². The summed E-state index contributed by atoms with van der Waals surface area (Å²) in [5.41, 5.74) is 2.27. The molecule has 4 rings (SSSR count). The zero-order chi connectivity index (χ0) is 18.6. The van der Waals surface area contributed by atoms with Gasteiger partial charge in [-0.25, -0.2) is 9.37 Å². The van der Waals surface area contributed by atoms with Gasteiger partial charge >= 0.3 is 0 Å². The van der Waals surface area contributed by atoms with Gasteiger partial charge in [0.25, 0.3) is 5.91 Å². The minimum atomic E-state index is -0.256. The highest BCUT2D eigenvalue weighted by molar-refractivity contribution is 7.20. The number of nitrogens with one attached hydrogen (secondary N) is 1. The molecule has 0 bridgehead atoms. The molecule has 0 radical (unpaired) electrons. The maximum atomic E-state index is 13.0. The van der Waals surface area contributed by atoms with Crippen LogP contribution < -0.4 is 5.32 Å². The fourth-order valence-corrected chi connectivity index (χ4v) is 4.34. The molecular formula is C19H16FN3O2S2. The third-order valence-corrected chi connectivity index (χ3v) is 5.96. The molecule has 2 aromatic heterocycles. The van der Waals surface area contributed by atoms with Crippen LogP contribution in [0.3, 0.4) is 0 Å². The number of amides is 1. The largest absolute Gasteiger partial charge is 0.390 e. The van der Waals surface area contributed by atoms with Gasteiger partial charge in [-0.3, -0.25) is 4.79 Å². The predicted molar refractivity (Wildman–Crippen MR) is 105 cm³/mol. The van der Waals surface area contributed by atoms with Crippen molar-refractivity contribution in [1.29, 1.82) is 0 Å². The van der Waals surface area contributed by atoms with Gasteiger partial charge in [-0.1, -0.05) is 23.4 Å². The van der Waals surface area contributed by atoms with Gasteiger partial charge in [-0.15, -0.1) is 22.7 Å². The predicted octanol–water partition coefficient (Wildman–Crippen LogP) is 4.13. The van der Waals surface area contributed by atoms with E-state index in [0.717, 1.165) is 21.2 Å². The second kappa shape index (κ2) is 7.98. The van der Waals surface area contributed by atoms with E-state index in [1.807, 2.05) is 17.5 Å². The van der Waals surface area contributed by atoms with E-state index in [2.05, 4.69) is 15.5 Å². The van der Waals surface area contributed by atoms with Crippen molar-refractivity contribution in [3.8, 4) is 9.88 Å². The van der Waals surface area contributed by atoms with Crippen molar-refractivity contribution in [1.82, 2.24) is 10.3 Å². The summed E-state index contributed by atoms with van der Waals surface area (Å²) >= 11 is 3.05. The second-order valence-electron chi connectivity index (χ2n) is 6.12. The zero-order valence-corrected chi connectivity index (χ0v) is 15.9. The van der Waals surface area contributed by atoms with Crippen LogP contribution in [0.1, 0.15) is 22.5 Å². The lowest BCUT2D eigenvalue weighted by atomic mass is 10.0. The summed E-state index contributed by atoms with van der Waals surface area (Å²) in [6, 6.07) is 10.3. The van der Waals surface area contributed by atoms with Crippen molar-refractivity contribution >= 4 is 34.3 Å². The van der Waals surface area contributed by atoms with Gasteiger partial charge in [-0.2, -0.15) is 0 Å². The number of hydrogen-bond acceptors (Lipinski definition) is 6. The lowest BCUT2D eigenvalue weighted by molar-refractivity contribution is 0.0751. The van der Waals surface area contributed by atoms with Crippen molar-refractivity contribution < 1.29 is 14.0 Å². The number of aromatic nitrogens is 1. The maximum Gasteiger partial charge on any atom is 0.270 e. The van der Waals surface area contributed by atoms with E-state index in [0.29, 0.717) is 25.1 Å². The summed E-state index contributed by atoms with van der Waals surface area (Å²) in [6.45, 7) is 0.362. The number of carbonyl (C=O) groups excluding carboxylic acids is 1. The van der Waals surface area contributed by atoms with Gasteiger partial charge in [0.1, 0.15) is 22.6 Å². The minimum Gasteiger partial charge on any atom is -0.390 e. The molecule has 3 aromatic rings. The number of rotatable bonds is 6. The average molecular weight is 401 g/mol. The Morgan fingerprint density at radius 3 is 2.89 bits per heavy atom. The number of oxime groups is 1. The Balaban J connectivity index is 1.26. The summed E-state index contributed by atoms with van der Waals surface area (Å²) in [5.74, 6) is -0.474. The fraction of sp³-hybridized carbons (Fsp3) is 0.211. The van der Waals surface area contributed by atoms with Gasteiger partial charge in [0.15, 0.2) is 0 Å². The van der Waals surface area contributed by atoms with E-state index in [1.165, 1.54) is 23.5 Å². The quantitative estimate of drug-likeness (QED) is 0.676. The number of carbonyl (C=O) groups is 1. The molecule has 0 saturated heterocycles. The summed E-state index contributed by atoms with van der Waals surface area (Å²) < 4.78 is 13.0. The Labute approximate surface area is 163 Å². The monoisotopic (exact) mass is 401 g/mol. The molecule has 1 aliphatic rings. The molecule has 1 unspecified atom stereocenters. The molecular weight excluding hydrogens is 385 g/mol. The van der Waals surface area contributed by atoms with Crippen LogP contribution >= 0.6 is 22.7 Å². The van der Waals surface area contributed by atoms with Crippen molar-refractivity contribution in [3.05, 3.63) is 64.2 Å². The summed E-state index contributed by atoms with van der Waals surface area (Å²) in [7, 11) is 0. The van der Waals surface area contributed by atoms with E-state index in [9.17, 15) is 9.18 Å². The molecule has 0 spiro atoms. The van der Waals surface area contributed by atoms with E-state index in [4.69, 9.17) is 4.84 Å². The number of hydrogen-bond donors (Lipinski definition) is 1. The van der Waals surface area contributed by atoms with Gasteiger partial charge in [0.05, 0.1) is 17.1 Å². The minimum absolute atomic E-state index is 0.195. The van der Waals surface area contributed by atoms with Crippen LogP contribution in [0.5, 0.6) is 0 Å². The molecule has 0 saturated carbocycles. The molecule has 5 nitrogen and oxygen atoms in total. The summed E-state index contributed by atoms with van der Waals surface area (Å²) in [5, 5.41) is 11.5. The normalized spacial score (nSPS) is 16.0. The van der Waals surface area contributed by atoms with Crippen molar-refractivity contribution in [2.24, 2.45) is 5.16 Å². The Morgan fingerprint density at radius 1 is 1.26 bits per heavy atom. The fourth-order valence-electron chi connectivity index (χ4n) is 2.73. The molecule has 0 aliphatic carbocycles. The van der Waals surface area contributed by atoms with Crippen LogP contribution in [0.4, 0.5) is 4.39 Å². The Hall–Kier alpha value is -2.58. The van der Waals surface area contributed by atoms with Crippen molar-refractivity contribution in [3.63, 3.8) is 0 Å². The first-order valence-electron chi connectivity index (χ1n) is 8.41. The molecule has 8 heteroatoms. The van der Waals surface area contributed by atoms with Crippen LogP contribution in [0.25, 0.3) is 9.88 Å². The Kier molecular flexibility index (Phi) is 5.26. The molecule has 1 atom stereocenters. The number of thiophene rings is 1. The van der Waals surface area contributed by atoms with Crippen LogP contribution in [0, 0.1) is 5.82 Å². The highest BCUT2D eigenvalue weighted by Crippen LogP contribution is 2.27. The topological polar surface area (TPSA) is 63.6 Å². The lowest BCUT2D eigenvalue weighted by Gasteiger charge is -2.08.